The number of carbonyl (C=O) groups excluding carboxylic acids is 1. The summed E-state index contributed by atoms with van der Waals surface area (Å²) in [6, 6.07) is 10.3. The van der Waals surface area contributed by atoms with Crippen LogP contribution in [0.4, 0.5) is 0 Å². The lowest BCUT2D eigenvalue weighted by molar-refractivity contribution is -0.249. The molecule has 1 aromatic rings. The minimum atomic E-state index is -0.0157. The van der Waals surface area contributed by atoms with Crippen molar-refractivity contribution < 1.29 is 9.53 Å². The number of rotatable bonds is 5. The maximum Gasteiger partial charge on any atom is 0.306 e. The number of hydrogen-bond donors (Lipinski definition) is 0. The molecule has 0 bridgehead atoms. The van der Waals surface area contributed by atoms with Gasteiger partial charge in [0.2, 0.25) is 0 Å². The minimum absolute atomic E-state index is 0.0100. The molecular weight excluding hydrogens is 500 g/mol. The van der Waals surface area contributed by atoms with Gasteiger partial charge in [0.05, 0.1) is 0 Å². The van der Waals surface area contributed by atoms with Gasteiger partial charge in [-0.3, -0.25) is 4.79 Å². The van der Waals surface area contributed by atoms with Gasteiger partial charge >= 0.3 is 5.97 Å². The van der Waals surface area contributed by atoms with Crippen molar-refractivity contribution in [2.24, 2.45) is 56.7 Å². The Hall–Kier alpha value is -1.57. The van der Waals surface area contributed by atoms with Gasteiger partial charge in [-0.2, -0.15) is 0 Å². The molecule has 0 spiro atoms. The Labute approximate surface area is 251 Å². The summed E-state index contributed by atoms with van der Waals surface area (Å²) in [5, 5.41) is 0. The van der Waals surface area contributed by atoms with E-state index < -0.39 is 0 Å². The number of hydrogen-bond acceptors (Lipinski definition) is 2. The first kappa shape index (κ1) is 29.5. The number of benzene rings is 1. The maximum atomic E-state index is 13.1. The highest BCUT2D eigenvalue weighted by Crippen LogP contribution is 2.77. The van der Waals surface area contributed by atoms with Crippen LogP contribution in [0.3, 0.4) is 0 Å². The Balaban J connectivity index is 1.21. The van der Waals surface area contributed by atoms with E-state index in [1.165, 1.54) is 68.9 Å². The van der Waals surface area contributed by atoms with Crippen LogP contribution in [0.15, 0.2) is 42.5 Å². The molecule has 0 aliphatic heterocycles. The average molecular weight is 559 g/mol. The lowest BCUT2D eigenvalue weighted by atomic mass is 9.32. The zero-order chi connectivity index (χ0) is 29.4. The summed E-state index contributed by atoms with van der Waals surface area (Å²) in [7, 11) is 0. The minimum Gasteiger partial charge on any atom is -0.462 e. The number of esters is 1. The Kier molecular flexibility index (Phi) is 7.18. The van der Waals surface area contributed by atoms with E-state index in [9.17, 15) is 4.79 Å². The number of allylic oxidation sites excluding steroid dienone is 1. The monoisotopic (exact) mass is 558 g/mol. The second kappa shape index (κ2) is 9.99. The molecule has 0 saturated heterocycles. The predicted molar refractivity (Wildman–Crippen MR) is 169 cm³/mol. The van der Waals surface area contributed by atoms with Gasteiger partial charge in [-0.05, 0) is 134 Å². The quantitative estimate of drug-likeness (QED) is 0.265. The van der Waals surface area contributed by atoms with E-state index in [0.717, 1.165) is 36.5 Å². The van der Waals surface area contributed by atoms with E-state index in [1.807, 2.05) is 6.07 Å². The number of ether oxygens (including phenoxy) is 1. The zero-order valence-corrected chi connectivity index (χ0v) is 27.4. The second-order valence-corrected chi connectivity index (χ2v) is 17.2. The Morgan fingerprint density at radius 2 is 1.56 bits per heavy atom. The van der Waals surface area contributed by atoms with E-state index >= 15 is 0 Å². The summed E-state index contributed by atoms with van der Waals surface area (Å²) in [4.78, 5) is 13.1. The van der Waals surface area contributed by atoms with Crippen LogP contribution in [0.5, 0.6) is 0 Å². The van der Waals surface area contributed by atoms with Gasteiger partial charge in [-0.25, -0.2) is 0 Å². The van der Waals surface area contributed by atoms with Crippen LogP contribution in [0.2, 0.25) is 0 Å². The largest absolute Gasteiger partial charge is 0.462 e. The van der Waals surface area contributed by atoms with Crippen molar-refractivity contribution in [1.29, 1.82) is 0 Å². The summed E-state index contributed by atoms with van der Waals surface area (Å²) in [5.41, 5.74) is 4.31. The third-order valence-corrected chi connectivity index (χ3v) is 15.2. The van der Waals surface area contributed by atoms with E-state index in [2.05, 4.69) is 79.3 Å². The molecule has 0 amide bonds. The van der Waals surface area contributed by atoms with Crippen molar-refractivity contribution in [3.8, 4) is 0 Å². The smallest absolute Gasteiger partial charge is 0.306 e. The third-order valence-electron chi connectivity index (χ3n) is 15.2. The molecule has 0 heterocycles. The fraction of sp³-hybridized carbons (Fsp3) is 0.769. The van der Waals surface area contributed by atoms with Crippen LogP contribution in [0, 0.1) is 56.7 Å². The zero-order valence-electron chi connectivity index (χ0n) is 27.4. The lowest BCUT2D eigenvalue weighted by Crippen LogP contribution is -2.66. The Morgan fingerprint density at radius 3 is 2.27 bits per heavy atom. The molecular formula is C39H58O2. The van der Waals surface area contributed by atoms with Crippen molar-refractivity contribution in [3.63, 3.8) is 0 Å². The predicted octanol–water partition coefficient (Wildman–Crippen LogP) is 10.2. The SMILES string of the molecule is C=C(C)[C@H]1CC[C@@]2(C)CC[C@]3(C)[C@@H](CC[C@H]4[C@]5(C)CC[C@H](OC(=O)CCc6ccccc6)C(C)(C)[C@@H]5CC[C@]43C)[C@@H]12. The van der Waals surface area contributed by atoms with E-state index in [-0.39, 0.29) is 17.5 Å². The fourth-order valence-electron chi connectivity index (χ4n) is 12.8. The van der Waals surface area contributed by atoms with Crippen LogP contribution in [0.1, 0.15) is 125 Å². The highest BCUT2D eigenvalue weighted by atomic mass is 16.5. The molecule has 5 aliphatic carbocycles. The van der Waals surface area contributed by atoms with Gasteiger partial charge in [0.15, 0.2) is 0 Å². The number of carbonyl (C=O) groups is 1. The number of aryl methyl sites for hydroxylation is 1. The van der Waals surface area contributed by atoms with Gasteiger partial charge in [0.1, 0.15) is 6.10 Å². The lowest BCUT2D eigenvalue weighted by Gasteiger charge is -2.73. The third kappa shape index (κ3) is 4.34. The van der Waals surface area contributed by atoms with E-state index in [0.29, 0.717) is 34.0 Å². The molecule has 2 nitrogen and oxygen atoms in total. The van der Waals surface area contributed by atoms with Crippen LogP contribution in [-0.4, -0.2) is 12.1 Å². The van der Waals surface area contributed by atoms with Crippen molar-refractivity contribution in [2.45, 2.75) is 132 Å². The molecule has 5 aliphatic rings. The first-order valence-electron chi connectivity index (χ1n) is 17.2. The molecule has 10 atom stereocenters. The highest BCUT2D eigenvalue weighted by molar-refractivity contribution is 5.70. The van der Waals surface area contributed by atoms with Crippen LogP contribution in [0.25, 0.3) is 0 Å². The van der Waals surface area contributed by atoms with E-state index in [1.54, 1.807) is 0 Å². The molecule has 0 aromatic heterocycles. The van der Waals surface area contributed by atoms with Crippen molar-refractivity contribution in [2.75, 3.05) is 0 Å². The number of fused-ring (bicyclic) bond motifs is 7. The van der Waals surface area contributed by atoms with Gasteiger partial charge in [-0.15, -0.1) is 0 Å². The molecule has 0 unspecified atom stereocenters. The molecule has 0 N–H and O–H groups in total. The van der Waals surface area contributed by atoms with Gasteiger partial charge in [0, 0.05) is 11.8 Å². The van der Waals surface area contributed by atoms with Gasteiger partial charge in [0.25, 0.3) is 0 Å². The van der Waals surface area contributed by atoms with Crippen molar-refractivity contribution >= 4 is 5.97 Å². The van der Waals surface area contributed by atoms with E-state index in [4.69, 9.17) is 4.74 Å². The highest BCUT2D eigenvalue weighted by Gasteiger charge is 2.70. The van der Waals surface area contributed by atoms with Crippen LogP contribution < -0.4 is 0 Å². The fourth-order valence-corrected chi connectivity index (χ4v) is 12.8. The first-order valence-corrected chi connectivity index (χ1v) is 17.2. The summed E-state index contributed by atoms with van der Waals surface area (Å²) in [6.07, 6.45) is 14.5. The average Bonchev–Trinajstić information content (AvgIpc) is 3.28. The van der Waals surface area contributed by atoms with Crippen molar-refractivity contribution in [3.05, 3.63) is 48.0 Å². The topological polar surface area (TPSA) is 26.3 Å². The molecule has 6 rings (SSSR count). The Morgan fingerprint density at radius 1 is 0.829 bits per heavy atom. The molecule has 41 heavy (non-hydrogen) atoms. The molecule has 5 fully saturated rings. The van der Waals surface area contributed by atoms with Crippen molar-refractivity contribution in [1.82, 2.24) is 0 Å². The normalized spacial score (nSPS) is 46.4. The summed E-state index contributed by atoms with van der Waals surface area (Å²) in [6.45, 7) is 22.5. The molecule has 1 aromatic carbocycles. The molecule has 2 heteroatoms. The van der Waals surface area contributed by atoms with Crippen LogP contribution >= 0.6 is 0 Å². The summed E-state index contributed by atoms with van der Waals surface area (Å²) >= 11 is 0. The van der Waals surface area contributed by atoms with Gasteiger partial charge < -0.3 is 4.74 Å². The first-order chi connectivity index (χ1) is 19.3. The summed E-state index contributed by atoms with van der Waals surface area (Å²) < 4.78 is 6.33. The van der Waals surface area contributed by atoms with Crippen LogP contribution in [-0.2, 0) is 16.0 Å². The summed E-state index contributed by atoms with van der Waals surface area (Å²) in [5.74, 6) is 3.74. The Bertz CT molecular complexity index is 1170. The standard InChI is InChI=1S/C39H58O2/c1-26(2)28-18-21-36(5)24-25-38(7)29(34(28)36)15-16-31-37(6)22-20-32(35(3,4)30(37)19-23-39(31,38)8)41-33(40)17-14-27-12-10-9-11-13-27/h9-13,28-32,34H,1,14-25H2,2-8H3/t28-,29+,30+,31+,32+,34-,36+,37-,38-,39-/m1/s1. The molecule has 5 saturated carbocycles. The maximum absolute atomic E-state index is 13.1. The second-order valence-electron chi connectivity index (χ2n) is 17.2. The molecule has 226 valence electrons. The molecule has 0 radical (unpaired) electrons. The van der Waals surface area contributed by atoms with Gasteiger partial charge in [-0.1, -0.05) is 84.0 Å².